The second-order valence-electron chi connectivity index (χ2n) is 4.89. The number of aromatic nitrogens is 3. The third-order valence-electron chi connectivity index (χ3n) is 3.30. The molecule has 0 saturated heterocycles. The van der Waals surface area contributed by atoms with E-state index in [1.807, 2.05) is 54.6 Å². The molecule has 4 heteroatoms. The molecule has 0 radical (unpaired) electrons. The van der Waals surface area contributed by atoms with Crippen molar-refractivity contribution in [2.24, 2.45) is 7.05 Å². The van der Waals surface area contributed by atoms with E-state index >= 15 is 0 Å². The molecule has 3 rings (SSSR count). The van der Waals surface area contributed by atoms with Crippen molar-refractivity contribution in [2.45, 2.75) is 6.92 Å². The summed E-state index contributed by atoms with van der Waals surface area (Å²) in [5, 5.41) is 8.90. The summed E-state index contributed by atoms with van der Waals surface area (Å²) in [6.45, 7) is 1.56. The zero-order valence-corrected chi connectivity index (χ0v) is 11.9. The van der Waals surface area contributed by atoms with E-state index in [1.165, 1.54) is 0 Å². The van der Waals surface area contributed by atoms with Gasteiger partial charge >= 0.3 is 0 Å². The van der Waals surface area contributed by atoms with Crippen LogP contribution in [-0.2, 0) is 7.05 Å². The summed E-state index contributed by atoms with van der Waals surface area (Å²) in [4.78, 5) is 13.1. The number of hydrogen-bond donors (Lipinski definition) is 0. The van der Waals surface area contributed by atoms with Gasteiger partial charge in [0.15, 0.2) is 5.78 Å². The summed E-state index contributed by atoms with van der Waals surface area (Å²) in [7, 11) is 1.80. The van der Waals surface area contributed by atoms with Crippen molar-refractivity contribution in [3.63, 3.8) is 0 Å². The molecule has 0 N–H and O–H groups in total. The Hall–Kier alpha value is -2.75. The number of nitrogens with zero attached hydrogens (tertiary/aromatic N) is 3. The van der Waals surface area contributed by atoms with E-state index in [-0.39, 0.29) is 5.78 Å². The quantitative estimate of drug-likeness (QED) is 0.690. The molecule has 0 aliphatic carbocycles. The van der Waals surface area contributed by atoms with Crippen molar-refractivity contribution in [1.82, 2.24) is 15.0 Å². The van der Waals surface area contributed by atoms with Gasteiger partial charge < -0.3 is 0 Å². The van der Waals surface area contributed by atoms with Crippen LogP contribution in [0.1, 0.15) is 17.3 Å². The van der Waals surface area contributed by atoms with E-state index in [1.54, 1.807) is 18.8 Å². The summed E-state index contributed by atoms with van der Waals surface area (Å²) >= 11 is 0. The summed E-state index contributed by atoms with van der Waals surface area (Å²) in [6, 6.07) is 17.4. The van der Waals surface area contributed by atoms with Crippen molar-refractivity contribution < 1.29 is 4.79 Å². The lowest BCUT2D eigenvalue weighted by Crippen LogP contribution is -1.93. The smallest absolute Gasteiger partial charge is 0.159 e. The minimum Gasteiger partial charge on any atom is -0.295 e. The van der Waals surface area contributed by atoms with E-state index in [2.05, 4.69) is 10.2 Å². The van der Waals surface area contributed by atoms with Gasteiger partial charge in [0.2, 0.25) is 0 Å². The fourth-order valence-corrected chi connectivity index (χ4v) is 2.28. The fraction of sp³-hybridized carbons (Fsp3) is 0.118. The van der Waals surface area contributed by atoms with Crippen LogP contribution < -0.4 is 0 Å². The molecule has 2 aromatic carbocycles. The molecule has 0 aliphatic rings. The van der Waals surface area contributed by atoms with Gasteiger partial charge in [-0.15, -0.1) is 0 Å². The molecule has 3 aromatic rings. The van der Waals surface area contributed by atoms with Gasteiger partial charge in [-0.1, -0.05) is 48.5 Å². The Morgan fingerprint density at radius 1 is 0.905 bits per heavy atom. The number of benzene rings is 2. The summed E-state index contributed by atoms with van der Waals surface area (Å²) in [5.74, 6) is 0.0435. The molecule has 21 heavy (non-hydrogen) atoms. The number of carbonyl (C=O) groups is 1. The first-order valence-electron chi connectivity index (χ1n) is 6.73. The predicted molar refractivity (Wildman–Crippen MR) is 81.9 cm³/mol. The van der Waals surface area contributed by atoms with Gasteiger partial charge in [-0.05, 0) is 13.0 Å². The first-order valence-corrected chi connectivity index (χ1v) is 6.73. The molecule has 1 aromatic heterocycles. The van der Waals surface area contributed by atoms with Gasteiger partial charge in [-0.25, -0.2) is 0 Å². The number of rotatable bonds is 3. The third-order valence-corrected chi connectivity index (χ3v) is 3.30. The Bertz CT molecular complexity index is 791. The lowest BCUT2D eigenvalue weighted by Gasteiger charge is -2.03. The highest BCUT2D eigenvalue weighted by molar-refractivity contribution is 5.95. The fourth-order valence-electron chi connectivity index (χ4n) is 2.28. The molecule has 0 atom stereocenters. The maximum atomic E-state index is 11.5. The molecular formula is C17H15N3O. The zero-order chi connectivity index (χ0) is 14.8. The Morgan fingerprint density at radius 3 is 2.19 bits per heavy atom. The van der Waals surface area contributed by atoms with Crippen LogP contribution in [0.25, 0.3) is 22.5 Å². The minimum atomic E-state index is 0.0435. The molecule has 0 aliphatic heterocycles. The van der Waals surface area contributed by atoms with Crippen LogP contribution in [-0.4, -0.2) is 20.8 Å². The summed E-state index contributed by atoms with van der Waals surface area (Å²) in [6.07, 6.45) is 0. The van der Waals surface area contributed by atoms with Crippen molar-refractivity contribution in [3.8, 4) is 22.5 Å². The van der Waals surface area contributed by atoms with Gasteiger partial charge in [0.25, 0.3) is 0 Å². The molecule has 0 bridgehead atoms. The van der Waals surface area contributed by atoms with Gasteiger partial charge in [-0.2, -0.15) is 15.0 Å². The molecule has 0 amide bonds. The molecule has 4 nitrogen and oxygen atoms in total. The molecule has 0 saturated carbocycles. The van der Waals surface area contributed by atoms with Gasteiger partial charge in [-0.3, -0.25) is 4.79 Å². The van der Waals surface area contributed by atoms with Crippen molar-refractivity contribution >= 4 is 5.78 Å². The highest BCUT2D eigenvalue weighted by Crippen LogP contribution is 2.29. The molecular weight excluding hydrogens is 262 g/mol. The van der Waals surface area contributed by atoms with E-state index in [0.29, 0.717) is 5.56 Å². The molecule has 0 unspecified atom stereocenters. The standard InChI is InChI=1S/C17H15N3O/c1-12(21)14-9-6-10-15(11-14)17-16(18-20(2)19-17)13-7-4-3-5-8-13/h3-11H,1-2H3. The van der Waals surface area contributed by atoms with Crippen molar-refractivity contribution in [2.75, 3.05) is 0 Å². The number of ketones is 1. The highest BCUT2D eigenvalue weighted by Gasteiger charge is 2.14. The Morgan fingerprint density at radius 2 is 1.52 bits per heavy atom. The van der Waals surface area contributed by atoms with Crippen molar-refractivity contribution in [1.29, 1.82) is 0 Å². The number of hydrogen-bond acceptors (Lipinski definition) is 3. The van der Waals surface area contributed by atoms with Gasteiger partial charge in [0, 0.05) is 23.7 Å². The molecule has 1 heterocycles. The Labute approximate surface area is 123 Å². The Kier molecular flexibility index (Phi) is 3.36. The number of Topliss-reactive ketones (excluding diaryl/α,β-unsaturated/α-hetero) is 1. The SMILES string of the molecule is CC(=O)c1cccc(-c2nn(C)nc2-c2ccccc2)c1. The second-order valence-corrected chi connectivity index (χ2v) is 4.89. The van der Waals surface area contributed by atoms with E-state index in [9.17, 15) is 4.79 Å². The van der Waals surface area contributed by atoms with Crippen LogP contribution >= 0.6 is 0 Å². The number of aryl methyl sites for hydroxylation is 1. The normalized spacial score (nSPS) is 10.6. The Balaban J connectivity index is 2.15. The van der Waals surface area contributed by atoms with E-state index in [0.717, 1.165) is 22.5 Å². The molecule has 104 valence electrons. The number of carbonyl (C=O) groups excluding carboxylic acids is 1. The third kappa shape index (κ3) is 2.60. The topological polar surface area (TPSA) is 47.8 Å². The first-order chi connectivity index (χ1) is 10.1. The van der Waals surface area contributed by atoms with Crippen molar-refractivity contribution in [3.05, 3.63) is 60.2 Å². The summed E-state index contributed by atoms with van der Waals surface area (Å²) in [5.41, 5.74) is 4.19. The predicted octanol–water partition coefficient (Wildman–Crippen LogP) is 3.35. The van der Waals surface area contributed by atoms with Crippen LogP contribution in [0.4, 0.5) is 0 Å². The zero-order valence-electron chi connectivity index (χ0n) is 11.9. The first kappa shape index (κ1) is 13.2. The molecule has 0 spiro atoms. The van der Waals surface area contributed by atoms with Crippen LogP contribution in [0.2, 0.25) is 0 Å². The van der Waals surface area contributed by atoms with Crippen LogP contribution in [0.15, 0.2) is 54.6 Å². The highest BCUT2D eigenvalue weighted by atomic mass is 16.1. The van der Waals surface area contributed by atoms with Crippen LogP contribution in [0, 0.1) is 0 Å². The maximum absolute atomic E-state index is 11.5. The average molecular weight is 277 g/mol. The lowest BCUT2D eigenvalue weighted by molar-refractivity contribution is 0.101. The second kappa shape index (κ2) is 5.32. The monoisotopic (exact) mass is 277 g/mol. The van der Waals surface area contributed by atoms with Crippen LogP contribution in [0.5, 0.6) is 0 Å². The summed E-state index contributed by atoms with van der Waals surface area (Å²) < 4.78 is 0. The van der Waals surface area contributed by atoms with Gasteiger partial charge in [0.1, 0.15) is 11.4 Å². The van der Waals surface area contributed by atoms with Crippen LogP contribution in [0.3, 0.4) is 0 Å². The minimum absolute atomic E-state index is 0.0435. The van der Waals surface area contributed by atoms with E-state index in [4.69, 9.17) is 0 Å². The van der Waals surface area contributed by atoms with Gasteiger partial charge in [0.05, 0.1) is 0 Å². The maximum Gasteiger partial charge on any atom is 0.159 e. The largest absolute Gasteiger partial charge is 0.295 e. The average Bonchev–Trinajstić information content (AvgIpc) is 2.90. The van der Waals surface area contributed by atoms with E-state index < -0.39 is 0 Å². The molecule has 0 fully saturated rings. The lowest BCUT2D eigenvalue weighted by atomic mass is 10.0.